The van der Waals surface area contributed by atoms with Crippen molar-refractivity contribution in [3.05, 3.63) is 15.7 Å². The lowest BCUT2D eigenvalue weighted by Crippen LogP contribution is -1.98. The molecule has 0 saturated carbocycles. The summed E-state index contributed by atoms with van der Waals surface area (Å²) in [6.07, 6.45) is 0. The highest BCUT2D eigenvalue weighted by Gasteiger charge is 2.17. The van der Waals surface area contributed by atoms with E-state index in [4.69, 9.17) is 44.3 Å². The standard InChI is InChI=1S/C8H8Cl3NO2/c1-13-7-5(10)4(3-9)12-8(14-2)6(7)11/h3H2,1-2H3. The Morgan fingerprint density at radius 3 is 2.21 bits per heavy atom. The normalized spacial score (nSPS) is 10.1. The average Bonchev–Trinajstić information content (AvgIpc) is 2.19. The van der Waals surface area contributed by atoms with Crippen molar-refractivity contribution in [3.63, 3.8) is 0 Å². The van der Waals surface area contributed by atoms with Crippen molar-refractivity contribution in [1.82, 2.24) is 4.98 Å². The largest absolute Gasteiger partial charge is 0.493 e. The predicted octanol–water partition coefficient (Wildman–Crippen LogP) is 3.14. The summed E-state index contributed by atoms with van der Waals surface area (Å²) >= 11 is 17.5. The van der Waals surface area contributed by atoms with Gasteiger partial charge in [0.15, 0.2) is 5.75 Å². The number of nitrogens with zero attached hydrogens (tertiary/aromatic N) is 1. The van der Waals surface area contributed by atoms with Gasteiger partial charge in [-0.05, 0) is 0 Å². The van der Waals surface area contributed by atoms with Crippen molar-refractivity contribution in [2.24, 2.45) is 0 Å². The van der Waals surface area contributed by atoms with Crippen molar-refractivity contribution < 1.29 is 9.47 Å². The van der Waals surface area contributed by atoms with Gasteiger partial charge in [-0.3, -0.25) is 0 Å². The van der Waals surface area contributed by atoms with Crippen LogP contribution >= 0.6 is 34.8 Å². The van der Waals surface area contributed by atoms with E-state index in [-0.39, 0.29) is 16.8 Å². The van der Waals surface area contributed by atoms with Gasteiger partial charge in [0.05, 0.1) is 25.8 Å². The van der Waals surface area contributed by atoms with Gasteiger partial charge in [0.25, 0.3) is 0 Å². The van der Waals surface area contributed by atoms with Crippen LogP contribution in [0.1, 0.15) is 5.69 Å². The van der Waals surface area contributed by atoms with Crippen molar-refractivity contribution in [3.8, 4) is 11.6 Å². The molecule has 0 saturated heterocycles. The molecule has 1 aromatic heterocycles. The molecule has 78 valence electrons. The second-order valence-electron chi connectivity index (χ2n) is 2.36. The maximum Gasteiger partial charge on any atom is 0.236 e. The van der Waals surface area contributed by atoms with Crippen LogP contribution < -0.4 is 9.47 Å². The maximum absolute atomic E-state index is 5.93. The van der Waals surface area contributed by atoms with Gasteiger partial charge in [-0.1, -0.05) is 23.2 Å². The molecule has 0 aliphatic heterocycles. The lowest BCUT2D eigenvalue weighted by Gasteiger charge is -2.11. The fraction of sp³-hybridized carbons (Fsp3) is 0.375. The first-order chi connectivity index (χ1) is 6.65. The molecule has 14 heavy (non-hydrogen) atoms. The first-order valence-corrected chi connectivity index (χ1v) is 4.96. The molecule has 0 spiro atoms. The van der Waals surface area contributed by atoms with Gasteiger partial charge in [-0.25, -0.2) is 4.98 Å². The Hall–Kier alpha value is -0.380. The van der Waals surface area contributed by atoms with Gasteiger partial charge in [-0.15, -0.1) is 11.6 Å². The topological polar surface area (TPSA) is 31.4 Å². The Balaban J connectivity index is 3.39. The van der Waals surface area contributed by atoms with Crippen LogP contribution in [0.5, 0.6) is 11.6 Å². The SMILES string of the molecule is COc1nc(CCl)c(Cl)c(OC)c1Cl. The molecular weight excluding hydrogens is 248 g/mol. The lowest BCUT2D eigenvalue weighted by atomic mass is 10.3. The molecule has 0 N–H and O–H groups in total. The van der Waals surface area contributed by atoms with Crippen LogP contribution in [0.4, 0.5) is 0 Å². The Morgan fingerprint density at radius 2 is 1.79 bits per heavy atom. The van der Waals surface area contributed by atoms with Gasteiger partial charge in [0.2, 0.25) is 5.88 Å². The molecule has 1 heterocycles. The molecule has 1 aromatic rings. The monoisotopic (exact) mass is 255 g/mol. The Kier molecular flexibility index (Phi) is 4.11. The summed E-state index contributed by atoms with van der Waals surface area (Å²) in [6, 6.07) is 0. The number of rotatable bonds is 3. The van der Waals surface area contributed by atoms with Crippen LogP contribution in [-0.2, 0) is 5.88 Å². The van der Waals surface area contributed by atoms with E-state index in [9.17, 15) is 0 Å². The number of aromatic nitrogens is 1. The molecule has 0 bridgehead atoms. The zero-order chi connectivity index (χ0) is 10.7. The average molecular weight is 257 g/mol. The van der Waals surface area contributed by atoms with Crippen LogP contribution in [0, 0.1) is 0 Å². The summed E-state index contributed by atoms with van der Waals surface area (Å²) in [5.74, 6) is 0.752. The smallest absolute Gasteiger partial charge is 0.236 e. The third kappa shape index (κ3) is 2.00. The van der Waals surface area contributed by atoms with E-state index in [1.807, 2.05) is 0 Å². The summed E-state index contributed by atoms with van der Waals surface area (Å²) < 4.78 is 9.96. The van der Waals surface area contributed by atoms with Crippen LogP contribution in [0.2, 0.25) is 10.0 Å². The number of ether oxygens (including phenoxy) is 2. The Labute approximate surface area is 96.9 Å². The molecule has 1 rings (SSSR count). The lowest BCUT2D eigenvalue weighted by molar-refractivity contribution is 0.381. The van der Waals surface area contributed by atoms with E-state index in [0.29, 0.717) is 16.5 Å². The summed E-state index contributed by atoms with van der Waals surface area (Å²) in [6.45, 7) is 0. The van der Waals surface area contributed by atoms with Crippen molar-refractivity contribution >= 4 is 34.8 Å². The number of hydrogen-bond acceptors (Lipinski definition) is 3. The molecule has 0 amide bonds. The van der Waals surface area contributed by atoms with Crippen LogP contribution in [0.25, 0.3) is 0 Å². The van der Waals surface area contributed by atoms with E-state index < -0.39 is 0 Å². The molecule has 0 aliphatic carbocycles. The number of pyridine rings is 1. The first-order valence-electron chi connectivity index (χ1n) is 3.67. The number of hydrogen-bond donors (Lipinski definition) is 0. The zero-order valence-electron chi connectivity index (χ0n) is 7.60. The third-order valence-electron chi connectivity index (χ3n) is 1.60. The van der Waals surface area contributed by atoms with Crippen LogP contribution in [-0.4, -0.2) is 19.2 Å². The molecule has 0 atom stereocenters. The molecule has 0 radical (unpaired) electrons. The van der Waals surface area contributed by atoms with E-state index >= 15 is 0 Å². The van der Waals surface area contributed by atoms with Gasteiger partial charge < -0.3 is 9.47 Å². The summed E-state index contributed by atoms with van der Waals surface area (Å²) in [4.78, 5) is 4.02. The Bertz CT molecular complexity index is 316. The van der Waals surface area contributed by atoms with Crippen molar-refractivity contribution in [1.29, 1.82) is 0 Å². The summed E-state index contributed by atoms with van der Waals surface area (Å²) in [5, 5.41) is 0.558. The number of alkyl halides is 1. The van der Waals surface area contributed by atoms with E-state index in [1.165, 1.54) is 14.2 Å². The minimum atomic E-state index is 0.169. The number of halogens is 3. The van der Waals surface area contributed by atoms with E-state index in [0.717, 1.165) is 0 Å². The molecule has 0 aromatic carbocycles. The number of methoxy groups -OCH3 is 2. The molecule has 6 heteroatoms. The highest BCUT2D eigenvalue weighted by atomic mass is 35.5. The maximum atomic E-state index is 5.93. The molecule has 0 fully saturated rings. The van der Waals surface area contributed by atoms with E-state index in [1.54, 1.807) is 0 Å². The van der Waals surface area contributed by atoms with Crippen LogP contribution in [0.15, 0.2) is 0 Å². The second-order valence-corrected chi connectivity index (χ2v) is 3.39. The molecule has 0 aliphatic rings. The fourth-order valence-electron chi connectivity index (χ4n) is 0.948. The van der Waals surface area contributed by atoms with Crippen LogP contribution in [0.3, 0.4) is 0 Å². The van der Waals surface area contributed by atoms with Gasteiger partial charge in [0.1, 0.15) is 10.0 Å². The predicted molar refractivity (Wildman–Crippen MR) is 56.9 cm³/mol. The van der Waals surface area contributed by atoms with E-state index in [2.05, 4.69) is 4.98 Å². The van der Waals surface area contributed by atoms with Gasteiger partial charge in [-0.2, -0.15) is 0 Å². The fourth-order valence-corrected chi connectivity index (χ4v) is 1.83. The minimum absolute atomic E-state index is 0.169. The van der Waals surface area contributed by atoms with Gasteiger partial charge >= 0.3 is 0 Å². The molecule has 3 nitrogen and oxygen atoms in total. The third-order valence-corrected chi connectivity index (χ3v) is 2.58. The molecular formula is C8H8Cl3NO2. The quantitative estimate of drug-likeness (QED) is 0.779. The second kappa shape index (κ2) is 4.91. The Morgan fingerprint density at radius 1 is 1.14 bits per heavy atom. The minimum Gasteiger partial charge on any atom is -0.493 e. The zero-order valence-corrected chi connectivity index (χ0v) is 9.87. The van der Waals surface area contributed by atoms with Crippen molar-refractivity contribution in [2.45, 2.75) is 5.88 Å². The van der Waals surface area contributed by atoms with Gasteiger partial charge in [0, 0.05) is 0 Å². The van der Waals surface area contributed by atoms with Crippen molar-refractivity contribution in [2.75, 3.05) is 14.2 Å². The highest BCUT2D eigenvalue weighted by Crippen LogP contribution is 2.40. The first kappa shape index (κ1) is 11.7. The summed E-state index contributed by atoms with van der Waals surface area (Å²) in [5.41, 5.74) is 0.478. The molecule has 0 unspecified atom stereocenters. The summed E-state index contributed by atoms with van der Waals surface area (Å²) in [7, 11) is 2.92. The highest BCUT2D eigenvalue weighted by molar-refractivity contribution is 6.38.